The van der Waals surface area contributed by atoms with E-state index in [1.807, 2.05) is 30.3 Å². The van der Waals surface area contributed by atoms with E-state index < -0.39 is 5.60 Å². The Kier molecular flexibility index (Phi) is 2.80. The third-order valence-corrected chi connectivity index (χ3v) is 3.28. The van der Waals surface area contributed by atoms with E-state index in [1.54, 1.807) is 13.8 Å². The van der Waals surface area contributed by atoms with Crippen molar-refractivity contribution in [3.05, 3.63) is 39.9 Å². The summed E-state index contributed by atoms with van der Waals surface area (Å²) in [6.07, 6.45) is 0. The van der Waals surface area contributed by atoms with Crippen LogP contribution in [0.3, 0.4) is 0 Å². The molecule has 1 aliphatic heterocycles. The van der Waals surface area contributed by atoms with Gasteiger partial charge >= 0.3 is 0 Å². The van der Waals surface area contributed by atoms with Crippen molar-refractivity contribution in [1.82, 2.24) is 0 Å². The molecule has 0 unspecified atom stereocenters. The molecule has 0 radical (unpaired) electrons. The average Bonchev–Trinajstić information content (AvgIpc) is 2.51. The van der Waals surface area contributed by atoms with Crippen molar-refractivity contribution >= 4 is 27.5 Å². The van der Waals surface area contributed by atoms with E-state index in [1.165, 1.54) is 0 Å². The van der Waals surface area contributed by atoms with Gasteiger partial charge in [-0.3, -0.25) is 4.79 Å². The van der Waals surface area contributed by atoms with Gasteiger partial charge < -0.3 is 4.74 Å². The number of Topliss-reactive ketones (excluding diaryl/α,β-unsaturated/α-hetero) is 1. The molecule has 0 saturated heterocycles. The lowest BCUT2D eigenvalue weighted by Crippen LogP contribution is -2.29. The predicted octanol–water partition coefficient (Wildman–Crippen LogP) is 3.06. The summed E-state index contributed by atoms with van der Waals surface area (Å²) in [6, 6.07) is 9.28. The van der Waals surface area contributed by atoms with E-state index in [0.717, 1.165) is 10.0 Å². The molecule has 1 aliphatic rings. The van der Waals surface area contributed by atoms with Crippen LogP contribution in [0.15, 0.2) is 34.3 Å². The Labute approximate surface area is 108 Å². The van der Waals surface area contributed by atoms with Gasteiger partial charge in [-0.1, -0.05) is 34.1 Å². The van der Waals surface area contributed by atoms with Gasteiger partial charge in [0.1, 0.15) is 11.6 Å². The fraction of sp³-hybridized carbons (Fsp3) is 0.231. The predicted molar refractivity (Wildman–Crippen MR) is 66.8 cm³/mol. The standard InChI is InChI=1S/C13H10BrNO2/c1-13(2)12(16)9(7-15)11(17-13)8-5-3-4-6-10(8)14/h3-6H,1-2H3. The Morgan fingerprint density at radius 1 is 1.35 bits per heavy atom. The zero-order valence-electron chi connectivity index (χ0n) is 9.45. The minimum Gasteiger partial charge on any atom is -0.477 e. The molecule has 2 rings (SSSR count). The molecule has 0 atom stereocenters. The van der Waals surface area contributed by atoms with Crippen molar-refractivity contribution in [2.75, 3.05) is 0 Å². The summed E-state index contributed by atoms with van der Waals surface area (Å²) in [5, 5.41) is 9.07. The van der Waals surface area contributed by atoms with E-state index in [9.17, 15) is 4.79 Å². The minimum absolute atomic E-state index is 0.0851. The Hall–Kier alpha value is -1.60. The molecule has 1 aromatic rings. The molecule has 1 aromatic carbocycles. The summed E-state index contributed by atoms with van der Waals surface area (Å²) in [5.41, 5.74) is -0.153. The van der Waals surface area contributed by atoms with Crippen LogP contribution in [-0.2, 0) is 9.53 Å². The third kappa shape index (κ3) is 1.87. The van der Waals surface area contributed by atoms with Crippen LogP contribution in [0.5, 0.6) is 0 Å². The van der Waals surface area contributed by atoms with Crippen LogP contribution in [0.1, 0.15) is 19.4 Å². The van der Waals surface area contributed by atoms with Gasteiger partial charge in [-0.05, 0) is 19.9 Å². The number of rotatable bonds is 1. The van der Waals surface area contributed by atoms with Crippen LogP contribution in [-0.4, -0.2) is 11.4 Å². The zero-order valence-corrected chi connectivity index (χ0v) is 11.0. The maximum Gasteiger partial charge on any atom is 0.220 e. The number of hydrogen-bond donors (Lipinski definition) is 0. The molecule has 17 heavy (non-hydrogen) atoms. The van der Waals surface area contributed by atoms with E-state index in [2.05, 4.69) is 15.9 Å². The first-order valence-corrected chi connectivity index (χ1v) is 5.90. The molecule has 0 aromatic heterocycles. The molecule has 0 bridgehead atoms. The molecule has 0 aliphatic carbocycles. The maximum atomic E-state index is 11.9. The fourth-order valence-corrected chi connectivity index (χ4v) is 2.16. The second-order valence-electron chi connectivity index (χ2n) is 4.24. The molecule has 0 spiro atoms. The highest BCUT2D eigenvalue weighted by atomic mass is 79.9. The summed E-state index contributed by atoms with van der Waals surface area (Å²) >= 11 is 3.39. The molecule has 0 N–H and O–H groups in total. The first kappa shape index (κ1) is 11.9. The number of carbonyl (C=O) groups is 1. The van der Waals surface area contributed by atoms with E-state index in [-0.39, 0.29) is 11.4 Å². The number of halogens is 1. The lowest BCUT2D eigenvalue weighted by molar-refractivity contribution is -0.126. The maximum absolute atomic E-state index is 11.9. The lowest BCUT2D eigenvalue weighted by atomic mass is 9.99. The van der Waals surface area contributed by atoms with Gasteiger partial charge in [0.25, 0.3) is 0 Å². The fourth-order valence-electron chi connectivity index (χ4n) is 1.69. The number of benzene rings is 1. The number of hydrogen-bond acceptors (Lipinski definition) is 3. The Morgan fingerprint density at radius 3 is 2.59 bits per heavy atom. The molecular formula is C13H10BrNO2. The van der Waals surface area contributed by atoms with Crippen LogP contribution < -0.4 is 0 Å². The smallest absolute Gasteiger partial charge is 0.220 e. The zero-order chi connectivity index (χ0) is 12.6. The van der Waals surface area contributed by atoms with Crippen LogP contribution in [0.4, 0.5) is 0 Å². The van der Waals surface area contributed by atoms with E-state index in [0.29, 0.717) is 5.76 Å². The van der Waals surface area contributed by atoms with E-state index in [4.69, 9.17) is 10.00 Å². The van der Waals surface area contributed by atoms with E-state index >= 15 is 0 Å². The molecule has 4 heteroatoms. The van der Waals surface area contributed by atoms with Crippen molar-refractivity contribution < 1.29 is 9.53 Å². The van der Waals surface area contributed by atoms with Gasteiger partial charge in [-0.15, -0.1) is 0 Å². The summed E-state index contributed by atoms with van der Waals surface area (Å²) < 4.78 is 6.41. The summed E-state index contributed by atoms with van der Waals surface area (Å²) in [4.78, 5) is 11.9. The Morgan fingerprint density at radius 2 is 2.00 bits per heavy atom. The van der Waals surface area contributed by atoms with Gasteiger partial charge in [-0.2, -0.15) is 5.26 Å². The number of nitrogens with zero attached hydrogens (tertiary/aromatic N) is 1. The van der Waals surface area contributed by atoms with Gasteiger partial charge in [0.2, 0.25) is 5.78 Å². The first-order valence-electron chi connectivity index (χ1n) is 5.10. The highest BCUT2D eigenvalue weighted by Crippen LogP contribution is 2.38. The second-order valence-corrected chi connectivity index (χ2v) is 5.09. The summed E-state index contributed by atoms with van der Waals surface area (Å²) in [5.74, 6) is 0.0840. The average molecular weight is 292 g/mol. The van der Waals surface area contributed by atoms with Crippen LogP contribution >= 0.6 is 15.9 Å². The topological polar surface area (TPSA) is 50.1 Å². The number of carbonyl (C=O) groups excluding carboxylic acids is 1. The number of ketones is 1. The molecule has 3 nitrogen and oxygen atoms in total. The SMILES string of the molecule is CC1(C)OC(c2ccccc2Br)=C(C#N)C1=O. The highest BCUT2D eigenvalue weighted by Gasteiger charge is 2.42. The third-order valence-electron chi connectivity index (χ3n) is 2.59. The highest BCUT2D eigenvalue weighted by molar-refractivity contribution is 9.10. The normalized spacial score (nSPS) is 17.9. The second kappa shape index (κ2) is 4.01. The van der Waals surface area contributed by atoms with Crippen LogP contribution in [0, 0.1) is 11.3 Å². The molecule has 0 saturated carbocycles. The van der Waals surface area contributed by atoms with Gasteiger partial charge in [0, 0.05) is 10.0 Å². The molecule has 0 amide bonds. The largest absolute Gasteiger partial charge is 0.477 e. The van der Waals surface area contributed by atoms with Crippen molar-refractivity contribution in [3.63, 3.8) is 0 Å². The van der Waals surface area contributed by atoms with Crippen LogP contribution in [0.25, 0.3) is 5.76 Å². The van der Waals surface area contributed by atoms with Gasteiger partial charge in [-0.25, -0.2) is 0 Å². The minimum atomic E-state index is -0.963. The summed E-state index contributed by atoms with van der Waals surface area (Å²) in [6.45, 7) is 3.33. The molecular weight excluding hydrogens is 282 g/mol. The Bertz CT molecular complexity index is 567. The van der Waals surface area contributed by atoms with Crippen molar-refractivity contribution in [3.8, 4) is 6.07 Å². The molecule has 1 heterocycles. The van der Waals surface area contributed by atoms with Gasteiger partial charge in [0.15, 0.2) is 11.4 Å². The Balaban J connectivity index is 2.61. The summed E-state index contributed by atoms with van der Waals surface area (Å²) in [7, 11) is 0. The molecule has 86 valence electrons. The van der Waals surface area contributed by atoms with Crippen LogP contribution in [0.2, 0.25) is 0 Å². The number of ether oxygens (including phenoxy) is 1. The first-order chi connectivity index (χ1) is 7.97. The lowest BCUT2D eigenvalue weighted by Gasteiger charge is -2.18. The molecule has 0 fully saturated rings. The van der Waals surface area contributed by atoms with Gasteiger partial charge in [0.05, 0.1) is 0 Å². The monoisotopic (exact) mass is 291 g/mol. The number of nitriles is 1. The van der Waals surface area contributed by atoms with Crippen molar-refractivity contribution in [2.24, 2.45) is 0 Å². The van der Waals surface area contributed by atoms with Crippen molar-refractivity contribution in [1.29, 1.82) is 5.26 Å². The quantitative estimate of drug-likeness (QED) is 0.799. The van der Waals surface area contributed by atoms with Crippen molar-refractivity contribution in [2.45, 2.75) is 19.4 Å².